The first-order chi connectivity index (χ1) is 10.3. The van der Waals surface area contributed by atoms with Crippen LogP contribution in [0.15, 0.2) is 30.3 Å². The second-order valence-corrected chi connectivity index (χ2v) is 6.37. The van der Waals surface area contributed by atoms with Crippen LogP contribution in [0, 0.1) is 0 Å². The molecule has 1 unspecified atom stereocenters. The molecule has 112 valence electrons. The molecular weight excluding hydrogens is 284 g/mol. The lowest BCUT2D eigenvalue weighted by molar-refractivity contribution is 0.0831. The normalized spacial score (nSPS) is 20.6. The van der Waals surface area contributed by atoms with Gasteiger partial charge in [-0.25, -0.2) is 5.84 Å². The number of hydrogen-bond donors (Lipinski definition) is 2. The summed E-state index contributed by atoms with van der Waals surface area (Å²) in [6.07, 6.45) is 0. The summed E-state index contributed by atoms with van der Waals surface area (Å²) in [5, 5.41) is 9.86. The molecule has 1 aliphatic rings. The number of rotatable bonds is 4. The van der Waals surface area contributed by atoms with Crippen molar-refractivity contribution in [1.82, 2.24) is 20.0 Å². The van der Waals surface area contributed by atoms with E-state index in [2.05, 4.69) is 62.8 Å². The maximum atomic E-state index is 5.37. The molecule has 2 aromatic rings. The highest BCUT2D eigenvalue weighted by Gasteiger charge is 2.27. The molecule has 0 bridgehead atoms. The van der Waals surface area contributed by atoms with E-state index in [0.717, 1.165) is 31.2 Å². The van der Waals surface area contributed by atoms with E-state index < -0.39 is 0 Å². The molecule has 1 aromatic carbocycles. The lowest BCUT2D eigenvalue weighted by Crippen LogP contribution is -2.46. The maximum absolute atomic E-state index is 5.37. The van der Waals surface area contributed by atoms with Crippen LogP contribution < -0.4 is 11.3 Å². The number of hydrogen-bond acceptors (Lipinski definition) is 7. The van der Waals surface area contributed by atoms with Crippen molar-refractivity contribution in [2.24, 2.45) is 5.84 Å². The van der Waals surface area contributed by atoms with Gasteiger partial charge in [-0.15, -0.1) is 10.2 Å². The van der Waals surface area contributed by atoms with Gasteiger partial charge < -0.3 is 4.90 Å². The van der Waals surface area contributed by atoms with Crippen LogP contribution in [0.3, 0.4) is 0 Å². The SMILES string of the molecule is CN1CCN(Cc2nnc(NN)s2)C(c2ccccc2)C1. The topological polar surface area (TPSA) is 70.3 Å². The van der Waals surface area contributed by atoms with Crippen molar-refractivity contribution in [1.29, 1.82) is 0 Å². The van der Waals surface area contributed by atoms with Gasteiger partial charge in [0.2, 0.25) is 5.13 Å². The Balaban J connectivity index is 1.77. The van der Waals surface area contributed by atoms with Crippen LogP contribution in [0.1, 0.15) is 16.6 Å². The standard InChI is InChI=1S/C14H20N6S/c1-19-7-8-20(10-13-17-18-14(16-15)21-13)12(9-19)11-5-3-2-4-6-11/h2-6,12H,7-10,15H2,1H3,(H,16,18). The summed E-state index contributed by atoms with van der Waals surface area (Å²) in [6, 6.07) is 11.0. The van der Waals surface area contributed by atoms with Crippen molar-refractivity contribution < 1.29 is 0 Å². The molecule has 0 aliphatic carbocycles. The molecule has 0 saturated carbocycles. The quantitative estimate of drug-likeness (QED) is 0.656. The van der Waals surface area contributed by atoms with Crippen LogP contribution in [-0.4, -0.2) is 46.7 Å². The molecule has 0 amide bonds. The lowest BCUT2D eigenvalue weighted by Gasteiger charge is -2.39. The minimum Gasteiger partial charge on any atom is -0.303 e. The van der Waals surface area contributed by atoms with Gasteiger partial charge in [-0.05, 0) is 12.6 Å². The van der Waals surface area contributed by atoms with Crippen molar-refractivity contribution in [3.8, 4) is 0 Å². The Kier molecular flexibility index (Phi) is 4.45. The highest BCUT2D eigenvalue weighted by molar-refractivity contribution is 7.15. The molecule has 2 heterocycles. The largest absolute Gasteiger partial charge is 0.303 e. The number of aromatic nitrogens is 2. The van der Waals surface area contributed by atoms with Crippen LogP contribution in [0.5, 0.6) is 0 Å². The molecule has 1 saturated heterocycles. The van der Waals surface area contributed by atoms with Crippen molar-refractivity contribution in [2.75, 3.05) is 32.1 Å². The zero-order valence-corrected chi connectivity index (χ0v) is 12.9. The third kappa shape index (κ3) is 3.38. The van der Waals surface area contributed by atoms with Gasteiger partial charge in [-0.2, -0.15) is 0 Å². The minimum atomic E-state index is 0.392. The number of anilines is 1. The van der Waals surface area contributed by atoms with Gasteiger partial charge >= 0.3 is 0 Å². The summed E-state index contributed by atoms with van der Waals surface area (Å²) in [5.74, 6) is 5.37. The number of likely N-dealkylation sites (N-methyl/N-ethyl adjacent to an activating group) is 1. The van der Waals surface area contributed by atoms with Crippen LogP contribution in [0.2, 0.25) is 0 Å². The number of piperazine rings is 1. The van der Waals surface area contributed by atoms with Gasteiger partial charge in [0.25, 0.3) is 0 Å². The van der Waals surface area contributed by atoms with E-state index in [0.29, 0.717) is 11.2 Å². The highest BCUT2D eigenvalue weighted by atomic mass is 32.1. The average molecular weight is 304 g/mol. The molecule has 3 rings (SSSR count). The molecule has 6 nitrogen and oxygen atoms in total. The van der Waals surface area contributed by atoms with Crippen molar-refractivity contribution in [3.63, 3.8) is 0 Å². The van der Waals surface area contributed by atoms with E-state index >= 15 is 0 Å². The molecule has 21 heavy (non-hydrogen) atoms. The van der Waals surface area contributed by atoms with Crippen molar-refractivity contribution in [3.05, 3.63) is 40.9 Å². The Labute approximate surface area is 128 Å². The minimum absolute atomic E-state index is 0.392. The first kappa shape index (κ1) is 14.4. The fourth-order valence-corrected chi connectivity index (χ4v) is 3.36. The monoisotopic (exact) mass is 304 g/mol. The van der Waals surface area contributed by atoms with E-state index in [1.165, 1.54) is 16.9 Å². The molecule has 0 spiro atoms. The lowest BCUT2D eigenvalue weighted by atomic mass is 10.0. The molecule has 0 radical (unpaired) electrons. The van der Waals surface area contributed by atoms with E-state index in [1.807, 2.05) is 0 Å². The Morgan fingerprint density at radius 1 is 1.29 bits per heavy atom. The number of nitrogens with zero attached hydrogens (tertiary/aromatic N) is 4. The van der Waals surface area contributed by atoms with E-state index in [1.54, 1.807) is 0 Å². The summed E-state index contributed by atoms with van der Waals surface area (Å²) < 4.78 is 0. The number of nitrogen functional groups attached to an aromatic ring is 1. The van der Waals surface area contributed by atoms with Crippen molar-refractivity contribution >= 4 is 16.5 Å². The Morgan fingerprint density at radius 3 is 2.81 bits per heavy atom. The fourth-order valence-electron chi connectivity index (χ4n) is 2.69. The predicted molar refractivity (Wildman–Crippen MR) is 84.8 cm³/mol. The first-order valence-electron chi connectivity index (χ1n) is 7.03. The summed E-state index contributed by atoms with van der Waals surface area (Å²) >= 11 is 1.51. The fraction of sp³-hybridized carbons (Fsp3) is 0.429. The summed E-state index contributed by atoms with van der Waals surface area (Å²) in [4.78, 5) is 4.84. The Bertz CT molecular complexity index is 572. The Hall–Kier alpha value is -1.54. The number of benzene rings is 1. The zero-order valence-electron chi connectivity index (χ0n) is 12.1. The van der Waals surface area contributed by atoms with Gasteiger partial charge in [0.15, 0.2) is 0 Å². The average Bonchev–Trinajstić information content (AvgIpc) is 2.98. The first-order valence-corrected chi connectivity index (χ1v) is 7.84. The maximum Gasteiger partial charge on any atom is 0.219 e. The van der Waals surface area contributed by atoms with E-state index in [4.69, 9.17) is 5.84 Å². The smallest absolute Gasteiger partial charge is 0.219 e. The van der Waals surface area contributed by atoms with Crippen LogP contribution in [0.25, 0.3) is 0 Å². The van der Waals surface area contributed by atoms with Gasteiger partial charge in [-0.1, -0.05) is 41.7 Å². The third-order valence-electron chi connectivity index (χ3n) is 3.81. The number of nitrogens with two attached hydrogens (primary N) is 1. The van der Waals surface area contributed by atoms with Crippen LogP contribution in [0.4, 0.5) is 5.13 Å². The van der Waals surface area contributed by atoms with Crippen LogP contribution in [-0.2, 0) is 6.54 Å². The van der Waals surface area contributed by atoms with Gasteiger partial charge in [0.05, 0.1) is 6.54 Å². The number of hydrazine groups is 1. The summed E-state index contributed by atoms with van der Waals surface area (Å²) in [6.45, 7) is 3.95. The van der Waals surface area contributed by atoms with Gasteiger partial charge in [-0.3, -0.25) is 10.3 Å². The predicted octanol–water partition coefficient (Wildman–Crippen LogP) is 1.31. The molecule has 7 heteroatoms. The number of nitrogens with one attached hydrogen (secondary N) is 1. The third-order valence-corrected chi connectivity index (χ3v) is 4.65. The molecule has 3 N–H and O–H groups in total. The summed E-state index contributed by atoms with van der Waals surface area (Å²) in [5.41, 5.74) is 3.91. The second kappa shape index (κ2) is 6.48. The van der Waals surface area contributed by atoms with Crippen molar-refractivity contribution in [2.45, 2.75) is 12.6 Å². The van der Waals surface area contributed by atoms with Crippen LogP contribution >= 0.6 is 11.3 Å². The molecule has 1 fully saturated rings. The summed E-state index contributed by atoms with van der Waals surface area (Å²) in [7, 11) is 2.18. The molecule has 1 atom stereocenters. The Morgan fingerprint density at radius 2 is 2.10 bits per heavy atom. The van der Waals surface area contributed by atoms with E-state index in [-0.39, 0.29) is 0 Å². The van der Waals surface area contributed by atoms with E-state index in [9.17, 15) is 0 Å². The van der Waals surface area contributed by atoms with Gasteiger partial charge in [0, 0.05) is 25.7 Å². The van der Waals surface area contributed by atoms with Gasteiger partial charge in [0.1, 0.15) is 5.01 Å². The molecule has 1 aromatic heterocycles. The highest BCUT2D eigenvalue weighted by Crippen LogP contribution is 2.27. The molecule has 1 aliphatic heterocycles. The zero-order chi connectivity index (χ0) is 14.7. The second-order valence-electron chi connectivity index (χ2n) is 5.30. The molecular formula is C14H20N6S.